The zero-order valence-electron chi connectivity index (χ0n) is 11.7. The zero-order valence-corrected chi connectivity index (χ0v) is 11.7. The molecule has 0 amide bonds. The summed E-state index contributed by atoms with van der Waals surface area (Å²) in [5.41, 5.74) is 1.67. The lowest BCUT2D eigenvalue weighted by molar-refractivity contribution is 0.0713. The molecular weight excluding hydrogens is 224 g/mol. The molecule has 2 N–H and O–H groups in total. The van der Waals surface area contributed by atoms with Gasteiger partial charge in [-0.1, -0.05) is 11.6 Å². The Balaban J connectivity index is 1.56. The summed E-state index contributed by atoms with van der Waals surface area (Å²) in [6.45, 7) is 6.15. The smallest absolute Gasteiger partial charge is 0.0620 e. The number of allylic oxidation sites excluding steroid dienone is 1. The fourth-order valence-corrected chi connectivity index (χ4v) is 2.89. The van der Waals surface area contributed by atoms with E-state index in [4.69, 9.17) is 4.74 Å². The average molecular weight is 252 g/mol. The highest BCUT2D eigenvalue weighted by atomic mass is 16.5. The van der Waals surface area contributed by atoms with Crippen molar-refractivity contribution in [3.8, 4) is 0 Å². The first kappa shape index (κ1) is 14.0. The van der Waals surface area contributed by atoms with Crippen LogP contribution in [0.5, 0.6) is 0 Å². The Hall–Kier alpha value is -0.380. The molecule has 2 aliphatic rings. The number of morpholine rings is 1. The van der Waals surface area contributed by atoms with Gasteiger partial charge in [-0.2, -0.15) is 0 Å². The maximum absolute atomic E-state index is 5.48. The van der Waals surface area contributed by atoms with E-state index in [1.807, 2.05) is 0 Å². The minimum atomic E-state index is 0.537. The zero-order chi connectivity index (χ0) is 12.6. The van der Waals surface area contributed by atoms with E-state index in [0.717, 1.165) is 26.3 Å². The van der Waals surface area contributed by atoms with Crippen LogP contribution >= 0.6 is 0 Å². The lowest BCUT2D eigenvalue weighted by atomic mass is 9.97. The lowest BCUT2D eigenvalue weighted by Crippen LogP contribution is -2.45. The van der Waals surface area contributed by atoms with Crippen molar-refractivity contribution in [1.29, 1.82) is 0 Å². The van der Waals surface area contributed by atoms with Crippen LogP contribution in [0.4, 0.5) is 0 Å². The molecule has 2 unspecified atom stereocenters. The predicted molar refractivity (Wildman–Crippen MR) is 75.9 cm³/mol. The molecule has 18 heavy (non-hydrogen) atoms. The molecule has 0 aromatic rings. The number of ether oxygens (including phenoxy) is 1. The fourth-order valence-electron chi connectivity index (χ4n) is 2.89. The van der Waals surface area contributed by atoms with Crippen LogP contribution in [0.3, 0.4) is 0 Å². The minimum absolute atomic E-state index is 0.537. The molecule has 2 rings (SSSR count). The Kier molecular flexibility index (Phi) is 6.18. The molecule has 1 heterocycles. The van der Waals surface area contributed by atoms with Crippen molar-refractivity contribution in [2.24, 2.45) is 0 Å². The predicted octanol–water partition coefficient (Wildman–Crippen LogP) is 2.23. The van der Waals surface area contributed by atoms with Gasteiger partial charge in [0.2, 0.25) is 0 Å². The second-order valence-electron chi connectivity index (χ2n) is 5.67. The molecule has 0 aromatic heterocycles. The van der Waals surface area contributed by atoms with Gasteiger partial charge in [0.1, 0.15) is 0 Å². The van der Waals surface area contributed by atoms with Crippen LogP contribution in [0.1, 0.15) is 45.4 Å². The van der Waals surface area contributed by atoms with Crippen molar-refractivity contribution < 1.29 is 4.74 Å². The van der Waals surface area contributed by atoms with Crippen molar-refractivity contribution in [1.82, 2.24) is 10.6 Å². The summed E-state index contributed by atoms with van der Waals surface area (Å²) in [4.78, 5) is 0. The molecule has 1 aliphatic heterocycles. The van der Waals surface area contributed by atoms with Crippen molar-refractivity contribution >= 4 is 0 Å². The largest absolute Gasteiger partial charge is 0.379 e. The van der Waals surface area contributed by atoms with Gasteiger partial charge >= 0.3 is 0 Å². The third kappa shape index (κ3) is 5.09. The minimum Gasteiger partial charge on any atom is -0.379 e. The molecule has 0 bridgehead atoms. The fraction of sp³-hybridized carbons (Fsp3) is 0.867. The molecule has 0 aromatic carbocycles. The standard InChI is InChI=1S/C15H28N2O/c1-13(11-15-12-18-10-9-17-15)16-8-7-14-5-3-2-4-6-14/h5,13,15-17H,2-4,6-12H2,1H3. The van der Waals surface area contributed by atoms with Crippen LogP contribution in [0, 0.1) is 0 Å². The molecule has 3 nitrogen and oxygen atoms in total. The maximum Gasteiger partial charge on any atom is 0.0620 e. The van der Waals surface area contributed by atoms with E-state index >= 15 is 0 Å². The number of hydrogen-bond acceptors (Lipinski definition) is 3. The molecule has 104 valence electrons. The van der Waals surface area contributed by atoms with Gasteiger partial charge in [-0.05, 0) is 52.0 Å². The van der Waals surface area contributed by atoms with Gasteiger partial charge in [-0.25, -0.2) is 0 Å². The highest BCUT2D eigenvalue weighted by molar-refractivity contribution is 5.05. The van der Waals surface area contributed by atoms with Crippen LogP contribution in [-0.4, -0.2) is 38.4 Å². The third-order valence-electron chi connectivity index (χ3n) is 3.96. The molecular formula is C15H28N2O. The number of nitrogens with one attached hydrogen (secondary N) is 2. The Bertz CT molecular complexity index is 259. The molecule has 1 fully saturated rings. The van der Waals surface area contributed by atoms with E-state index in [1.54, 1.807) is 5.57 Å². The van der Waals surface area contributed by atoms with Crippen LogP contribution in [-0.2, 0) is 4.74 Å². The van der Waals surface area contributed by atoms with Crippen LogP contribution in [0.15, 0.2) is 11.6 Å². The van der Waals surface area contributed by atoms with Gasteiger partial charge in [0.25, 0.3) is 0 Å². The second-order valence-corrected chi connectivity index (χ2v) is 5.67. The van der Waals surface area contributed by atoms with E-state index in [-0.39, 0.29) is 0 Å². The van der Waals surface area contributed by atoms with Crippen molar-refractivity contribution in [2.75, 3.05) is 26.3 Å². The van der Waals surface area contributed by atoms with Crippen LogP contribution < -0.4 is 10.6 Å². The summed E-state index contributed by atoms with van der Waals surface area (Å²) in [5.74, 6) is 0. The van der Waals surface area contributed by atoms with Crippen LogP contribution in [0.25, 0.3) is 0 Å². The summed E-state index contributed by atoms with van der Waals surface area (Å²) < 4.78 is 5.48. The van der Waals surface area contributed by atoms with Crippen molar-refractivity contribution in [3.05, 3.63) is 11.6 Å². The van der Waals surface area contributed by atoms with Gasteiger partial charge in [0.05, 0.1) is 13.2 Å². The van der Waals surface area contributed by atoms with Gasteiger partial charge in [-0.15, -0.1) is 0 Å². The first-order chi connectivity index (χ1) is 8.84. The Morgan fingerprint density at radius 3 is 3.17 bits per heavy atom. The summed E-state index contributed by atoms with van der Waals surface area (Å²) in [6.07, 6.45) is 10.3. The molecule has 0 spiro atoms. The Labute approximate surface area is 111 Å². The Morgan fingerprint density at radius 1 is 1.50 bits per heavy atom. The quantitative estimate of drug-likeness (QED) is 0.711. The van der Waals surface area contributed by atoms with Gasteiger partial charge in [0.15, 0.2) is 0 Å². The van der Waals surface area contributed by atoms with Crippen molar-refractivity contribution in [2.45, 2.75) is 57.5 Å². The normalized spacial score (nSPS) is 26.7. The Morgan fingerprint density at radius 2 is 2.44 bits per heavy atom. The van der Waals surface area contributed by atoms with E-state index in [1.165, 1.54) is 38.5 Å². The lowest BCUT2D eigenvalue weighted by Gasteiger charge is -2.27. The molecule has 0 saturated carbocycles. The van der Waals surface area contributed by atoms with Crippen molar-refractivity contribution in [3.63, 3.8) is 0 Å². The molecule has 0 radical (unpaired) electrons. The van der Waals surface area contributed by atoms with Gasteiger partial charge in [0, 0.05) is 18.6 Å². The monoisotopic (exact) mass is 252 g/mol. The maximum atomic E-state index is 5.48. The third-order valence-corrected chi connectivity index (χ3v) is 3.96. The average Bonchev–Trinajstić information content (AvgIpc) is 2.41. The first-order valence-electron chi connectivity index (χ1n) is 7.57. The van der Waals surface area contributed by atoms with E-state index < -0.39 is 0 Å². The summed E-state index contributed by atoms with van der Waals surface area (Å²) in [5, 5.41) is 7.15. The van der Waals surface area contributed by atoms with E-state index in [0.29, 0.717) is 12.1 Å². The topological polar surface area (TPSA) is 33.3 Å². The summed E-state index contributed by atoms with van der Waals surface area (Å²) >= 11 is 0. The molecule has 2 atom stereocenters. The van der Waals surface area contributed by atoms with Gasteiger partial charge in [-0.3, -0.25) is 0 Å². The van der Waals surface area contributed by atoms with E-state index in [2.05, 4.69) is 23.6 Å². The second kappa shape index (κ2) is 7.93. The summed E-state index contributed by atoms with van der Waals surface area (Å²) in [6, 6.07) is 1.11. The summed E-state index contributed by atoms with van der Waals surface area (Å²) in [7, 11) is 0. The number of hydrogen-bond donors (Lipinski definition) is 2. The first-order valence-corrected chi connectivity index (χ1v) is 7.57. The molecule has 3 heteroatoms. The SMILES string of the molecule is CC(CC1COCCN1)NCCC1=CCCCC1. The van der Waals surface area contributed by atoms with E-state index in [9.17, 15) is 0 Å². The molecule has 1 saturated heterocycles. The number of rotatable bonds is 6. The molecule has 1 aliphatic carbocycles. The highest BCUT2D eigenvalue weighted by Gasteiger charge is 2.15. The van der Waals surface area contributed by atoms with Gasteiger partial charge < -0.3 is 15.4 Å². The highest BCUT2D eigenvalue weighted by Crippen LogP contribution is 2.19. The van der Waals surface area contributed by atoms with Crippen LogP contribution in [0.2, 0.25) is 0 Å².